The molecule has 0 spiro atoms. The molecule has 0 heterocycles. The van der Waals surface area contributed by atoms with Gasteiger partial charge in [0, 0.05) is 26.1 Å². The van der Waals surface area contributed by atoms with E-state index in [4.69, 9.17) is 4.74 Å². The quantitative estimate of drug-likeness (QED) is 0.591. The van der Waals surface area contributed by atoms with Crippen LogP contribution in [0.4, 0.5) is 0 Å². The Labute approximate surface area is 74.3 Å². The molecule has 1 aliphatic rings. The molecule has 0 radical (unpaired) electrons. The van der Waals surface area contributed by atoms with Crippen LogP contribution in [0.15, 0.2) is 0 Å². The van der Waals surface area contributed by atoms with E-state index in [0.717, 1.165) is 45.1 Å². The molecule has 1 fully saturated rings. The van der Waals surface area contributed by atoms with Gasteiger partial charge in [-0.1, -0.05) is 6.42 Å². The first-order chi connectivity index (χ1) is 5.84. The van der Waals surface area contributed by atoms with Gasteiger partial charge < -0.3 is 4.74 Å². The molecule has 2 heteroatoms. The van der Waals surface area contributed by atoms with Crippen LogP contribution in [-0.4, -0.2) is 19.5 Å². The number of rotatable bonds is 5. The van der Waals surface area contributed by atoms with E-state index in [1.165, 1.54) is 0 Å². The summed E-state index contributed by atoms with van der Waals surface area (Å²) in [5, 5.41) is 0. The van der Waals surface area contributed by atoms with Crippen LogP contribution in [0.25, 0.3) is 0 Å². The van der Waals surface area contributed by atoms with Gasteiger partial charge in [0.2, 0.25) is 0 Å². The molecule has 1 rings (SSSR count). The highest BCUT2D eigenvalue weighted by Crippen LogP contribution is 2.25. The lowest BCUT2D eigenvalue weighted by Gasteiger charge is -2.06. The first kappa shape index (κ1) is 9.72. The highest BCUT2D eigenvalue weighted by Gasteiger charge is 2.23. The van der Waals surface area contributed by atoms with E-state index in [0.29, 0.717) is 11.7 Å². The maximum Gasteiger partial charge on any atom is 0.135 e. The molecule has 12 heavy (non-hydrogen) atoms. The Morgan fingerprint density at radius 3 is 2.92 bits per heavy atom. The van der Waals surface area contributed by atoms with E-state index < -0.39 is 0 Å². The fraction of sp³-hybridized carbons (Fsp3) is 0.900. The molecule has 0 aromatic carbocycles. The van der Waals surface area contributed by atoms with Crippen LogP contribution >= 0.6 is 0 Å². The highest BCUT2D eigenvalue weighted by molar-refractivity contribution is 5.82. The van der Waals surface area contributed by atoms with Crippen LogP contribution in [0, 0.1) is 5.92 Å². The number of hydrogen-bond donors (Lipinski definition) is 0. The summed E-state index contributed by atoms with van der Waals surface area (Å²) in [4.78, 5) is 11.2. The molecule has 0 amide bonds. The van der Waals surface area contributed by atoms with Crippen molar-refractivity contribution in [3.63, 3.8) is 0 Å². The Morgan fingerprint density at radius 2 is 2.33 bits per heavy atom. The zero-order valence-electron chi connectivity index (χ0n) is 7.84. The number of carbonyl (C=O) groups excluding carboxylic acids is 1. The van der Waals surface area contributed by atoms with Crippen LogP contribution in [-0.2, 0) is 9.53 Å². The van der Waals surface area contributed by atoms with E-state index in [1.807, 2.05) is 0 Å². The van der Waals surface area contributed by atoms with E-state index >= 15 is 0 Å². The van der Waals surface area contributed by atoms with E-state index in [9.17, 15) is 4.79 Å². The van der Waals surface area contributed by atoms with Crippen LogP contribution in [0.1, 0.15) is 38.5 Å². The molecule has 1 unspecified atom stereocenters. The molecule has 1 saturated carbocycles. The van der Waals surface area contributed by atoms with Gasteiger partial charge in [-0.25, -0.2) is 0 Å². The zero-order valence-corrected chi connectivity index (χ0v) is 7.84. The third-order valence-corrected chi connectivity index (χ3v) is 2.58. The summed E-state index contributed by atoms with van der Waals surface area (Å²) in [5.74, 6) is 0.884. The van der Waals surface area contributed by atoms with Crippen LogP contribution < -0.4 is 0 Å². The predicted molar refractivity (Wildman–Crippen MR) is 48.1 cm³/mol. The largest absolute Gasteiger partial charge is 0.385 e. The Kier molecular flexibility index (Phi) is 4.30. The zero-order chi connectivity index (χ0) is 8.81. The third-order valence-electron chi connectivity index (χ3n) is 2.58. The minimum Gasteiger partial charge on any atom is -0.385 e. The third kappa shape index (κ3) is 2.94. The van der Waals surface area contributed by atoms with Gasteiger partial charge in [0.05, 0.1) is 0 Å². The second-order valence-electron chi connectivity index (χ2n) is 3.54. The minimum atomic E-state index is 0.391. The van der Waals surface area contributed by atoms with Gasteiger partial charge in [0.25, 0.3) is 0 Å². The molecular weight excluding hydrogens is 152 g/mol. The molecule has 0 bridgehead atoms. The average molecular weight is 170 g/mol. The van der Waals surface area contributed by atoms with Gasteiger partial charge in [-0.05, 0) is 25.7 Å². The molecule has 0 aliphatic heterocycles. The maximum atomic E-state index is 11.2. The molecular formula is C10H18O2. The number of ketones is 1. The summed E-state index contributed by atoms with van der Waals surface area (Å²) in [6, 6.07) is 0. The number of Topliss-reactive ketones (excluding diaryl/α,β-unsaturated/α-hetero) is 1. The maximum absolute atomic E-state index is 11.2. The van der Waals surface area contributed by atoms with Gasteiger partial charge in [0.15, 0.2) is 0 Å². The number of ether oxygens (including phenoxy) is 1. The molecule has 2 nitrogen and oxygen atoms in total. The van der Waals surface area contributed by atoms with Gasteiger partial charge >= 0.3 is 0 Å². The van der Waals surface area contributed by atoms with Gasteiger partial charge in [-0.3, -0.25) is 4.79 Å². The number of hydrogen-bond acceptors (Lipinski definition) is 2. The smallest absolute Gasteiger partial charge is 0.135 e. The molecule has 0 aromatic rings. The second kappa shape index (κ2) is 5.31. The number of carbonyl (C=O) groups is 1. The van der Waals surface area contributed by atoms with Crippen molar-refractivity contribution in [1.82, 2.24) is 0 Å². The first-order valence-corrected chi connectivity index (χ1v) is 4.86. The van der Waals surface area contributed by atoms with Gasteiger partial charge in [-0.15, -0.1) is 0 Å². The average Bonchev–Trinajstić information content (AvgIpc) is 2.46. The summed E-state index contributed by atoms with van der Waals surface area (Å²) < 4.78 is 4.95. The topological polar surface area (TPSA) is 26.3 Å². The Morgan fingerprint density at radius 1 is 1.50 bits per heavy atom. The monoisotopic (exact) mass is 170 g/mol. The Bertz CT molecular complexity index is 143. The lowest BCUT2D eigenvalue weighted by molar-refractivity contribution is -0.120. The summed E-state index contributed by atoms with van der Waals surface area (Å²) in [6.45, 7) is 0.834. The summed E-state index contributed by atoms with van der Waals surface area (Å²) in [5.41, 5.74) is 0. The summed E-state index contributed by atoms with van der Waals surface area (Å²) in [7, 11) is 1.72. The molecule has 1 atom stereocenters. The van der Waals surface area contributed by atoms with Crippen molar-refractivity contribution >= 4 is 5.78 Å². The van der Waals surface area contributed by atoms with Crippen LogP contribution in [0.2, 0.25) is 0 Å². The number of methoxy groups -OCH3 is 1. The fourth-order valence-corrected chi connectivity index (χ4v) is 1.83. The van der Waals surface area contributed by atoms with Gasteiger partial charge in [0.1, 0.15) is 5.78 Å². The van der Waals surface area contributed by atoms with Crippen molar-refractivity contribution in [2.45, 2.75) is 38.5 Å². The molecule has 0 saturated heterocycles. The highest BCUT2D eigenvalue weighted by atomic mass is 16.5. The predicted octanol–water partition coefficient (Wildman–Crippen LogP) is 2.17. The van der Waals surface area contributed by atoms with Crippen molar-refractivity contribution in [2.75, 3.05) is 13.7 Å². The van der Waals surface area contributed by atoms with Crippen molar-refractivity contribution < 1.29 is 9.53 Å². The van der Waals surface area contributed by atoms with E-state index in [-0.39, 0.29) is 0 Å². The van der Waals surface area contributed by atoms with Crippen molar-refractivity contribution in [3.8, 4) is 0 Å². The molecule has 70 valence electrons. The van der Waals surface area contributed by atoms with Crippen LogP contribution in [0.3, 0.4) is 0 Å². The first-order valence-electron chi connectivity index (χ1n) is 4.86. The SMILES string of the molecule is COCCCCC1CCCC1=O. The summed E-state index contributed by atoms with van der Waals surface area (Å²) >= 11 is 0. The van der Waals surface area contributed by atoms with Crippen LogP contribution in [0.5, 0.6) is 0 Å². The fourth-order valence-electron chi connectivity index (χ4n) is 1.83. The molecule has 1 aliphatic carbocycles. The van der Waals surface area contributed by atoms with Crippen molar-refractivity contribution in [2.24, 2.45) is 5.92 Å². The molecule has 0 aromatic heterocycles. The van der Waals surface area contributed by atoms with Crippen molar-refractivity contribution in [1.29, 1.82) is 0 Å². The molecule has 0 N–H and O–H groups in total. The lowest BCUT2D eigenvalue weighted by atomic mass is 10.00. The number of unbranched alkanes of at least 4 members (excludes halogenated alkanes) is 1. The van der Waals surface area contributed by atoms with E-state index in [2.05, 4.69) is 0 Å². The Balaban J connectivity index is 2.02. The normalized spacial score (nSPS) is 23.4. The minimum absolute atomic E-state index is 0.391. The van der Waals surface area contributed by atoms with Crippen molar-refractivity contribution in [3.05, 3.63) is 0 Å². The Hall–Kier alpha value is -0.370. The summed E-state index contributed by atoms with van der Waals surface area (Å²) in [6.07, 6.45) is 6.40. The second-order valence-corrected chi connectivity index (χ2v) is 3.54. The van der Waals surface area contributed by atoms with Gasteiger partial charge in [-0.2, -0.15) is 0 Å². The van der Waals surface area contributed by atoms with E-state index in [1.54, 1.807) is 7.11 Å². The lowest BCUT2D eigenvalue weighted by Crippen LogP contribution is -2.06. The standard InChI is InChI=1S/C10H18O2/c1-12-8-3-2-5-9-6-4-7-10(9)11/h9H,2-8H2,1H3.